The molecule has 1 aliphatic heterocycles. The second-order valence-electron chi connectivity index (χ2n) is 7.74. The Labute approximate surface area is 181 Å². The topological polar surface area (TPSA) is 87.7 Å². The lowest BCUT2D eigenvalue weighted by atomic mass is 9.94. The highest BCUT2D eigenvalue weighted by molar-refractivity contribution is 6.00. The molecule has 0 fully saturated rings. The molecular weight excluding hydrogens is 394 g/mol. The van der Waals surface area contributed by atoms with Crippen LogP contribution in [0.5, 0.6) is 11.5 Å². The number of H-pyrrole nitrogens is 1. The van der Waals surface area contributed by atoms with Gasteiger partial charge in [-0.1, -0.05) is 18.2 Å². The number of benzene rings is 2. The number of methoxy groups -OCH3 is 1. The fourth-order valence-electron chi connectivity index (χ4n) is 4.25. The van der Waals surface area contributed by atoms with Crippen LogP contribution in [0.15, 0.2) is 36.4 Å². The summed E-state index contributed by atoms with van der Waals surface area (Å²) in [6, 6.07) is 11.2. The largest absolute Gasteiger partial charge is 0.507 e. The summed E-state index contributed by atoms with van der Waals surface area (Å²) < 4.78 is 10.9. The van der Waals surface area contributed by atoms with E-state index in [-0.39, 0.29) is 17.7 Å². The van der Waals surface area contributed by atoms with Crippen LogP contribution in [-0.4, -0.2) is 53.0 Å². The van der Waals surface area contributed by atoms with E-state index >= 15 is 0 Å². The van der Waals surface area contributed by atoms with Gasteiger partial charge in [-0.25, -0.2) is 0 Å². The Morgan fingerprint density at radius 2 is 2.03 bits per heavy atom. The molecule has 1 unspecified atom stereocenters. The van der Waals surface area contributed by atoms with Gasteiger partial charge in [0.1, 0.15) is 22.9 Å². The molecule has 3 aromatic rings. The van der Waals surface area contributed by atoms with Crippen LogP contribution in [0.25, 0.3) is 11.3 Å². The Kier molecular flexibility index (Phi) is 5.69. The smallest absolute Gasteiger partial charge is 0.273 e. The van der Waals surface area contributed by atoms with Crippen molar-refractivity contribution in [2.75, 3.05) is 26.9 Å². The molecule has 7 heteroatoms. The van der Waals surface area contributed by atoms with Crippen LogP contribution in [0.4, 0.5) is 0 Å². The van der Waals surface area contributed by atoms with Gasteiger partial charge in [0.15, 0.2) is 0 Å². The van der Waals surface area contributed by atoms with Crippen LogP contribution in [0.3, 0.4) is 0 Å². The van der Waals surface area contributed by atoms with Gasteiger partial charge in [0.25, 0.3) is 5.91 Å². The molecule has 2 heterocycles. The monoisotopic (exact) mass is 421 g/mol. The Bertz CT molecular complexity index is 1120. The van der Waals surface area contributed by atoms with E-state index in [1.807, 2.05) is 57.2 Å². The molecule has 2 aromatic carbocycles. The maximum Gasteiger partial charge on any atom is 0.273 e. The van der Waals surface area contributed by atoms with Crippen molar-refractivity contribution >= 4 is 5.91 Å². The van der Waals surface area contributed by atoms with Crippen LogP contribution in [-0.2, 0) is 4.74 Å². The van der Waals surface area contributed by atoms with Gasteiger partial charge in [-0.3, -0.25) is 9.89 Å². The maximum absolute atomic E-state index is 13.3. The van der Waals surface area contributed by atoms with Gasteiger partial charge in [-0.15, -0.1) is 0 Å². The number of aromatic amines is 1. The molecule has 7 nitrogen and oxygen atoms in total. The number of hydrogen-bond acceptors (Lipinski definition) is 5. The molecule has 1 amide bonds. The molecule has 162 valence electrons. The number of phenols is 1. The first-order valence-electron chi connectivity index (χ1n) is 10.4. The number of aromatic hydroxyl groups is 1. The van der Waals surface area contributed by atoms with Gasteiger partial charge in [0.2, 0.25) is 0 Å². The van der Waals surface area contributed by atoms with Crippen molar-refractivity contribution in [2.24, 2.45) is 0 Å². The third kappa shape index (κ3) is 3.65. The molecule has 0 aliphatic carbocycles. The third-order valence-electron chi connectivity index (χ3n) is 5.58. The lowest BCUT2D eigenvalue weighted by Gasteiger charge is -2.26. The molecule has 1 aliphatic rings. The zero-order chi connectivity index (χ0) is 22.1. The summed E-state index contributed by atoms with van der Waals surface area (Å²) >= 11 is 0. The zero-order valence-corrected chi connectivity index (χ0v) is 18.2. The first-order valence-corrected chi connectivity index (χ1v) is 10.4. The molecule has 1 aromatic heterocycles. The summed E-state index contributed by atoms with van der Waals surface area (Å²) in [6.07, 6.45) is 0. The SMILES string of the molecule is CCOc1cccc(C2c3c(-c4cc(C)cc(C)c4O)n[nH]c3C(=O)N2CCOC)c1. The molecule has 4 rings (SSSR count). The van der Waals surface area contributed by atoms with Crippen molar-refractivity contribution in [1.82, 2.24) is 15.1 Å². The van der Waals surface area contributed by atoms with Crippen LogP contribution in [0.2, 0.25) is 0 Å². The van der Waals surface area contributed by atoms with Gasteiger partial charge in [-0.2, -0.15) is 5.10 Å². The predicted octanol–water partition coefficient (Wildman–Crippen LogP) is 3.99. The van der Waals surface area contributed by atoms with E-state index in [9.17, 15) is 9.90 Å². The van der Waals surface area contributed by atoms with Gasteiger partial charge >= 0.3 is 0 Å². The van der Waals surface area contributed by atoms with E-state index in [4.69, 9.17) is 9.47 Å². The maximum atomic E-state index is 13.3. The molecule has 31 heavy (non-hydrogen) atoms. The van der Waals surface area contributed by atoms with Crippen molar-refractivity contribution < 1.29 is 19.4 Å². The number of nitrogens with zero attached hydrogens (tertiary/aromatic N) is 2. The lowest BCUT2D eigenvalue weighted by Crippen LogP contribution is -2.32. The standard InChI is InChI=1S/C24H27N3O4/c1-5-31-17-8-6-7-16(13-17)22-19-20(18-12-14(2)11-15(3)23(18)28)25-26-21(19)24(29)27(22)9-10-30-4/h6-8,11-13,22,28H,5,9-10H2,1-4H3,(H,25,26). The average Bonchev–Trinajstić information content (AvgIpc) is 3.28. The number of nitrogens with one attached hydrogen (secondary N) is 1. The zero-order valence-electron chi connectivity index (χ0n) is 18.2. The van der Waals surface area contributed by atoms with Crippen LogP contribution < -0.4 is 4.74 Å². The predicted molar refractivity (Wildman–Crippen MR) is 118 cm³/mol. The molecular formula is C24H27N3O4. The number of fused-ring (bicyclic) bond motifs is 1. The highest BCUT2D eigenvalue weighted by atomic mass is 16.5. The number of ether oxygens (including phenoxy) is 2. The lowest BCUT2D eigenvalue weighted by molar-refractivity contribution is 0.0677. The van der Waals surface area contributed by atoms with Crippen molar-refractivity contribution in [2.45, 2.75) is 26.8 Å². The molecule has 0 saturated heterocycles. The first kappa shape index (κ1) is 20.9. The van der Waals surface area contributed by atoms with Gasteiger partial charge in [0.05, 0.1) is 19.3 Å². The average molecular weight is 421 g/mol. The second kappa shape index (κ2) is 8.43. The number of carbonyl (C=O) groups excluding carboxylic acids is 1. The van der Waals surface area contributed by atoms with E-state index < -0.39 is 0 Å². The van der Waals surface area contributed by atoms with E-state index in [0.29, 0.717) is 36.7 Å². The fourth-order valence-corrected chi connectivity index (χ4v) is 4.25. The minimum atomic E-state index is -0.368. The highest BCUT2D eigenvalue weighted by Gasteiger charge is 2.42. The molecule has 2 N–H and O–H groups in total. The third-order valence-corrected chi connectivity index (χ3v) is 5.58. The van der Waals surface area contributed by atoms with E-state index in [0.717, 1.165) is 28.0 Å². The molecule has 0 radical (unpaired) electrons. The van der Waals surface area contributed by atoms with Crippen LogP contribution in [0, 0.1) is 13.8 Å². The van der Waals surface area contributed by atoms with Crippen LogP contribution in [0.1, 0.15) is 45.7 Å². The minimum absolute atomic E-state index is 0.138. The normalized spacial score (nSPS) is 15.4. The number of amides is 1. The summed E-state index contributed by atoms with van der Waals surface area (Å²) in [7, 11) is 1.62. The summed E-state index contributed by atoms with van der Waals surface area (Å²) in [5, 5.41) is 18.2. The van der Waals surface area contributed by atoms with Crippen LogP contribution >= 0.6 is 0 Å². The Hall–Kier alpha value is -3.32. The van der Waals surface area contributed by atoms with Crippen molar-refractivity contribution in [3.8, 4) is 22.8 Å². The van der Waals surface area contributed by atoms with Crippen molar-refractivity contribution in [1.29, 1.82) is 0 Å². The van der Waals surface area contributed by atoms with Gasteiger partial charge in [0, 0.05) is 24.8 Å². The van der Waals surface area contributed by atoms with E-state index in [2.05, 4.69) is 10.2 Å². The molecule has 0 spiro atoms. The molecule has 0 saturated carbocycles. The minimum Gasteiger partial charge on any atom is -0.507 e. The number of hydrogen-bond donors (Lipinski definition) is 2. The number of aromatic nitrogens is 2. The van der Waals surface area contributed by atoms with Gasteiger partial charge < -0.3 is 19.5 Å². The van der Waals surface area contributed by atoms with Gasteiger partial charge in [-0.05, 0) is 55.7 Å². The Morgan fingerprint density at radius 3 is 2.77 bits per heavy atom. The quantitative estimate of drug-likeness (QED) is 0.602. The van der Waals surface area contributed by atoms with E-state index in [1.165, 1.54) is 0 Å². The highest BCUT2D eigenvalue weighted by Crippen LogP contribution is 2.45. The van der Waals surface area contributed by atoms with E-state index in [1.54, 1.807) is 12.0 Å². The fraction of sp³-hybridized carbons (Fsp3) is 0.333. The van der Waals surface area contributed by atoms with Crippen molar-refractivity contribution in [3.63, 3.8) is 0 Å². The summed E-state index contributed by atoms with van der Waals surface area (Å²) in [6.45, 7) is 7.17. The van der Waals surface area contributed by atoms with Crippen molar-refractivity contribution in [3.05, 3.63) is 64.3 Å². The second-order valence-corrected chi connectivity index (χ2v) is 7.74. The number of aryl methyl sites for hydroxylation is 2. The Morgan fingerprint density at radius 1 is 1.23 bits per heavy atom. The molecule has 1 atom stereocenters. The summed E-state index contributed by atoms with van der Waals surface area (Å²) in [5.74, 6) is 0.776. The summed E-state index contributed by atoms with van der Waals surface area (Å²) in [5.41, 5.74) is 5.09. The molecule has 0 bridgehead atoms. The summed E-state index contributed by atoms with van der Waals surface area (Å²) in [4.78, 5) is 15.0. The number of rotatable bonds is 7. The Balaban J connectivity index is 1.90. The number of phenolic OH excluding ortho intramolecular Hbond substituents is 1. The first-order chi connectivity index (χ1) is 15.0. The number of carbonyl (C=O) groups is 1.